The Kier molecular flexibility index (Phi) is 6.81. The molecule has 0 unspecified atom stereocenters. The highest BCUT2D eigenvalue weighted by Gasteiger charge is 2.19. The maximum Gasteiger partial charge on any atom is 0.337 e. The van der Waals surface area contributed by atoms with Crippen LogP contribution in [0.15, 0.2) is 41.3 Å². The van der Waals surface area contributed by atoms with Crippen LogP contribution in [0.5, 0.6) is 11.5 Å². The Balaban J connectivity index is 2.12. The molecule has 0 aliphatic carbocycles. The van der Waals surface area contributed by atoms with Crippen LogP contribution in [0, 0.1) is 6.92 Å². The van der Waals surface area contributed by atoms with Crippen LogP contribution < -0.4 is 14.2 Å². The number of hydrogen-bond acceptors (Lipinski definition) is 6. The van der Waals surface area contributed by atoms with Gasteiger partial charge in [0.25, 0.3) is 0 Å². The summed E-state index contributed by atoms with van der Waals surface area (Å²) in [5, 5.41) is 0. The van der Waals surface area contributed by atoms with Gasteiger partial charge in [0.2, 0.25) is 10.0 Å². The van der Waals surface area contributed by atoms with Crippen molar-refractivity contribution in [2.24, 2.45) is 0 Å². The Hall–Kier alpha value is -2.58. The lowest BCUT2D eigenvalue weighted by Crippen LogP contribution is -2.27. The number of rotatable bonds is 8. The SMILES string of the molecule is COC(=O)c1ccc(C)c(S(=O)(=O)NCCc2ccc(OC)c(OC)c2)c1. The number of nitrogens with one attached hydrogen (secondary N) is 1. The van der Waals surface area contributed by atoms with Crippen LogP contribution >= 0.6 is 0 Å². The summed E-state index contributed by atoms with van der Waals surface area (Å²) in [4.78, 5) is 11.7. The van der Waals surface area contributed by atoms with Crippen molar-refractivity contribution in [3.63, 3.8) is 0 Å². The number of carbonyl (C=O) groups excluding carboxylic acids is 1. The molecule has 0 fully saturated rings. The summed E-state index contributed by atoms with van der Waals surface area (Å²) >= 11 is 0. The lowest BCUT2D eigenvalue weighted by molar-refractivity contribution is 0.0600. The molecule has 2 rings (SSSR count). The molecule has 0 spiro atoms. The Bertz CT molecular complexity index is 924. The van der Waals surface area contributed by atoms with Crippen molar-refractivity contribution in [3.05, 3.63) is 53.1 Å². The van der Waals surface area contributed by atoms with Crippen molar-refractivity contribution in [2.45, 2.75) is 18.2 Å². The first kappa shape index (κ1) is 20.7. The highest BCUT2D eigenvalue weighted by atomic mass is 32.2. The summed E-state index contributed by atoms with van der Waals surface area (Å²) in [6.45, 7) is 1.86. The van der Waals surface area contributed by atoms with E-state index in [4.69, 9.17) is 9.47 Å². The number of methoxy groups -OCH3 is 3. The van der Waals surface area contributed by atoms with Gasteiger partial charge >= 0.3 is 5.97 Å². The van der Waals surface area contributed by atoms with Crippen LogP contribution in [-0.2, 0) is 21.2 Å². The second-order valence-corrected chi connectivity index (χ2v) is 7.54. The number of esters is 1. The minimum absolute atomic E-state index is 0.0534. The highest BCUT2D eigenvalue weighted by molar-refractivity contribution is 7.89. The molecule has 0 atom stereocenters. The number of hydrogen-bond donors (Lipinski definition) is 1. The van der Waals surface area contributed by atoms with E-state index >= 15 is 0 Å². The van der Waals surface area contributed by atoms with Crippen LogP contribution in [0.3, 0.4) is 0 Å². The molecule has 0 amide bonds. The lowest BCUT2D eigenvalue weighted by Gasteiger charge is -2.12. The van der Waals surface area contributed by atoms with E-state index in [1.165, 1.54) is 19.2 Å². The van der Waals surface area contributed by atoms with Crippen LogP contribution in [0.1, 0.15) is 21.5 Å². The molecular formula is C19H23NO6S. The Morgan fingerprint density at radius 3 is 2.33 bits per heavy atom. The fourth-order valence-electron chi connectivity index (χ4n) is 2.58. The smallest absolute Gasteiger partial charge is 0.337 e. The maximum absolute atomic E-state index is 12.6. The highest BCUT2D eigenvalue weighted by Crippen LogP contribution is 2.27. The van der Waals surface area contributed by atoms with Gasteiger partial charge in [-0.1, -0.05) is 12.1 Å². The number of carbonyl (C=O) groups is 1. The van der Waals surface area contributed by atoms with Gasteiger partial charge in [-0.05, 0) is 48.7 Å². The molecule has 27 heavy (non-hydrogen) atoms. The van der Waals surface area contributed by atoms with E-state index in [-0.39, 0.29) is 17.0 Å². The number of sulfonamides is 1. The number of aryl methyl sites for hydroxylation is 1. The van der Waals surface area contributed by atoms with Gasteiger partial charge in [0, 0.05) is 6.54 Å². The molecule has 0 aliphatic heterocycles. The van der Waals surface area contributed by atoms with Crippen molar-refractivity contribution < 1.29 is 27.4 Å². The van der Waals surface area contributed by atoms with E-state index in [2.05, 4.69) is 9.46 Å². The van der Waals surface area contributed by atoms with Crippen LogP contribution in [-0.4, -0.2) is 42.3 Å². The molecule has 8 heteroatoms. The minimum Gasteiger partial charge on any atom is -0.493 e. The second kappa shape index (κ2) is 8.88. The molecule has 0 bridgehead atoms. The summed E-state index contributed by atoms with van der Waals surface area (Å²) < 4.78 is 42.9. The van der Waals surface area contributed by atoms with Crippen molar-refractivity contribution in [3.8, 4) is 11.5 Å². The Morgan fingerprint density at radius 2 is 1.70 bits per heavy atom. The standard InChI is InChI=1S/C19H23NO6S/c1-13-5-7-15(19(21)26-4)12-18(13)27(22,23)20-10-9-14-6-8-16(24-2)17(11-14)25-3/h5-8,11-12,20H,9-10H2,1-4H3. The van der Waals surface area contributed by atoms with Crippen LogP contribution in [0.2, 0.25) is 0 Å². The largest absolute Gasteiger partial charge is 0.493 e. The Labute approximate surface area is 159 Å². The third kappa shape index (κ3) is 4.99. The molecule has 2 aromatic rings. The number of ether oxygens (including phenoxy) is 3. The summed E-state index contributed by atoms with van der Waals surface area (Å²) in [6.07, 6.45) is 0.468. The van der Waals surface area contributed by atoms with Gasteiger partial charge in [0.15, 0.2) is 11.5 Å². The van der Waals surface area contributed by atoms with E-state index in [9.17, 15) is 13.2 Å². The quantitative estimate of drug-likeness (QED) is 0.692. The van der Waals surface area contributed by atoms with Crippen molar-refractivity contribution in [1.82, 2.24) is 4.72 Å². The van der Waals surface area contributed by atoms with E-state index in [1.54, 1.807) is 39.3 Å². The molecule has 1 N–H and O–H groups in total. The van der Waals surface area contributed by atoms with E-state index in [0.29, 0.717) is 23.5 Å². The summed E-state index contributed by atoms with van der Waals surface area (Å²) in [5.74, 6) is 0.605. The predicted molar refractivity (Wildman–Crippen MR) is 101 cm³/mol. The molecule has 0 radical (unpaired) electrons. The van der Waals surface area contributed by atoms with Crippen molar-refractivity contribution in [2.75, 3.05) is 27.9 Å². The summed E-state index contributed by atoms with van der Waals surface area (Å²) in [7, 11) is 0.575. The van der Waals surface area contributed by atoms with Gasteiger partial charge in [-0.2, -0.15) is 0 Å². The van der Waals surface area contributed by atoms with Crippen LogP contribution in [0.4, 0.5) is 0 Å². The van der Waals surface area contributed by atoms with Crippen LogP contribution in [0.25, 0.3) is 0 Å². The molecular weight excluding hydrogens is 370 g/mol. The molecule has 0 saturated carbocycles. The first-order chi connectivity index (χ1) is 12.8. The predicted octanol–water partition coefficient (Wildman–Crippen LogP) is 2.32. The van der Waals surface area contributed by atoms with E-state index in [1.807, 2.05) is 6.07 Å². The zero-order chi connectivity index (χ0) is 20.0. The zero-order valence-electron chi connectivity index (χ0n) is 15.7. The third-order valence-electron chi connectivity index (χ3n) is 4.05. The normalized spacial score (nSPS) is 11.1. The number of benzene rings is 2. The summed E-state index contributed by atoms with van der Waals surface area (Å²) in [5.41, 5.74) is 1.63. The van der Waals surface area contributed by atoms with E-state index in [0.717, 1.165) is 5.56 Å². The monoisotopic (exact) mass is 393 g/mol. The second-order valence-electron chi connectivity index (χ2n) is 5.81. The first-order valence-corrected chi connectivity index (χ1v) is 9.70. The van der Waals surface area contributed by atoms with E-state index < -0.39 is 16.0 Å². The Morgan fingerprint density at radius 1 is 1.00 bits per heavy atom. The van der Waals surface area contributed by atoms with Gasteiger partial charge in [0.05, 0.1) is 31.8 Å². The molecule has 2 aromatic carbocycles. The van der Waals surface area contributed by atoms with Gasteiger partial charge < -0.3 is 14.2 Å². The molecule has 0 aliphatic rings. The molecule has 0 saturated heterocycles. The topological polar surface area (TPSA) is 90.9 Å². The first-order valence-electron chi connectivity index (χ1n) is 8.22. The average Bonchev–Trinajstić information content (AvgIpc) is 2.67. The average molecular weight is 393 g/mol. The lowest BCUT2D eigenvalue weighted by atomic mass is 10.1. The van der Waals surface area contributed by atoms with Gasteiger partial charge in [0.1, 0.15) is 0 Å². The third-order valence-corrected chi connectivity index (χ3v) is 5.66. The maximum atomic E-state index is 12.6. The molecule has 0 heterocycles. The minimum atomic E-state index is -3.77. The fraction of sp³-hybridized carbons (Fsp3) is 0.316. The fourth-order valence-corrected chi connectivity index (χ4v) is 3.88. The summed E-state index contributed by atoms with van der Waals surface area (Å²) in [6, 6.07) is 9.85. The zero-order valence-corrected chi connectivity index (χ0v) is 16.6. The van der Waals surface area contributed by atoms with Crippen molar-refractivity contribution in [1.29, 1.82) is 0 Å². The van der Waals surface area contributed by atoms with Gasteiger partial charge in [-0.15, -0.1) is 0 Å². The molecule has 146 valence electrons. The molecule has 0 aromatic heterocycles. The van der Waals surface area contributed by atoms with Gasteiger partial charge in [-0.25, -0.2) is 17.9 Å². The van der Waals surface area contributed by atoms with Gasteiger partial charge in [-0.3, -0.25) is 0 Å². The molecule has 7 nitrogen and oxygen atoms in total. The van der Waals surface area contributed by atoms with Crippen molar-refractivity contribution >= 4 is 16.0 Å².